The van der Waals surface area contributed by atoms with Gasteiger partial charge in [0.1, 0.15) is 10.9 Å². The van der Waals surface area contributed by atoms with Gasteiger partial charge in [-0.25, -0.2) is 4.79 Å². The Hall–Kier alpha value is -1.89. The van der Waals surface area contributed by atoms with E-state index in [1.165, 1.54) is 12.1 Å². The van der Waals surface area contributed by atoms with Crippen LogP contribution in [0.4, 0.5) is 0 Å². The molecule has 0 unspecified atom stereocenters. The lowest BCUT2D eigenvalue weighted by Crippen LogP contribution is -2.47. The Morgan fingerprint density at radius 2 is 1.91 bits per heavy atom. The monoisotopic (exact) mass is 324 g/mol. The third kappa shape index (κ3) is 3.14. The molecule has 0 bridgehead atoms. The summed E-state index contributed by atoms with van der Waals surface area (Å²) >= 11 is 0.954. The minimum Gasteiger partial charge on any atom is -0.477 e. The van der Waals surface area contributed by atoms with Gasteiger partial charge in [0.2, 0.25) is 5.91 Å². The average molecular weight is 324 g/mol. The van der Waals surface area contributed by atoms with E-state index in [2.05, 4.69) is 0 Å². The normalized spacial score (nSPS) is 17.5. The molecule has 2 rings (SSSR count). The molecular weight excluding hydrogens is 304 g/mol. The first kappa shape index (κ1) is 16.5. The van der Waals surface area contributed by atoms with E-state index in [4.69, 9.17) is 5.11 Å². The van der Waals surface area contributed by atoms with Crippen molar-refractivity contribution in [2.45, 2.75) is 32.7 Å². The lowest BCUT2D eigenvalue weighted by atomic mass is 10.2. The van der Waals surface area contributed by atoms with Crippen LogP contribution in [0.2, 0.25) is 0 Å². The molecule has 2 amide bonds. The molecule has 1 N–H and O–H groups in total. The minimum atomic E-state index is -1.04. The highest BCUT2D eigenvalue weighted by Crippen LogP contribution is 2.25. The van der Waals surface area contributed by atoms with Gasteiger partial charge in [0.15, 0.2) is 0 Å². The van der Waals surface area contributed by atoms with E-state index >= 15 is 0 Å². The van der Waals surface area contributed by atoms with Crippen molar-refractivity contribution < 1.29 is 19.5 Å². The van der Waals surface area contributed by atoms with Gasteiger partial charge in [0.05, 0.1) is 4.88 Å². The number of amides is 2. The van der Waals surface area contributed by atoms with Crippen molar-refractivity contribution in [1.82, 2.24) is 9.80 Å². The third-order valence-electron chi connectivity index (χ3n) is 3.90. The van der Waals surface area contributed by atoms with E-state index < -0.39 is 12.0 Å². The molecule has 0 aliphatic carbocycles. The highest BCUT2D eigenvalue weighted by Gasteiger charge is 2.36. The zero-order valence-corrected chi connectivity index (χ0v) is 13.6. The maximum Gasteiger partial charge on any atom is 0.345 e. The predicted octanol–water partition coefficient (Wildman–Crippen LogP) is 1.92. The molecule has 22 heavy (non-hydrogen) atoms. The number of carbonyl (C=O) groups is 3. The van der Waals surface area contributed by atoms with Gasteiger partial charge in [-0.1, -0.05) is 0 Å². The van der Waals surface area contributed by atoms with Crippen LogP contribution in [0.3, 0.4) is 0 Å². The Morgan fingerprint density at radius 3 is 2.45 bits per heavy atom. The molecule has 1 saturated heterocycles. The van der Waals surface area contributed by atoms with Gasteiger partial charge >= 0.3 is 5.97 Å². The molecule has 1 fully saturated rings. The number of carboxylic acids is 1. The van der Waals surface area contributed by atoms with Gasteiger partial charge in [0, 0.05) is 19.6 Å². The number of hydrogen-bond donors (Lipinski definition) is 1. The second kappa shape index (κ2) is 6.91. The zero-order valence-electron chi connectivity index (χ0n) is 12.7. The Morgan fingerprint density at radius 1 is 1.27 bits per heavy atom. The average Bonchev–Trinajstić information content (AvgIpc) is 3.17. The number of thiophene rings is 1. The molecular formula is C15H20N2O4S. The Balaban J connectivity index is 2.17. The number of likely N-dealkylation sites (N-methyl/N-ethyl adjacent to an activating group) is 1. The van der Waals surface area contributed by atoms with E-state index in [0.29, 0.717) is 30.9 Å². The largest absolute Gasteiger partial charge is 0.477 e. The molecule has 1 aromatic heterocycles. The quantitative estimate of drug-likeness (QED) is 0.897. The number of aromatic carboxylic acids is 1. The molecule has 0 radical (unpaired) electrons. The number of rotatable bonds is 5. The SMILES string of the molecule is CCN(CC)C(=O)[C@@H]1CCCN1C(=O)c1ccc(C(=O)O)s1. The number of carboxylic acid groups (broad SMARTS) is 1. The van der Waals surface area contributed by atoms with Crippen molar-refractivity contribution in [3.05, 3.63) is 21.9 Å². The third-order valence-corrected chi connectivity index (χ3v) is 4.96. The molecule has 2 heterocycles. The summed E-state index contributed by atoms with van der Waals surface area (Å²) in [5.74, 6) is -1.31. The summed E-state index contributed by atoms with van der Waals surface area (Å²) in [5.41, 5.74) is 0. The smallest absolute Gasteiger partial charge is 0.345 e. The van der Waals surface area contributed by atoms with Crippen LogP contribution >= 0.6 is 11.3 Å². The van der Waals surface area contributed by atoms with E-state index in [0.717, 1.165) is 17.8 Å². The fourth-order valence-electron chi connectivity index (χ4n) is 2.72. The molecule has 0 saturated carbocycles. The van der Waals surface area contributed by atoms with Crippen LogP contribution in [0.15, 0.2) is 12.1 Å². The van der Waals surface area contributed by atoms with E-state index in [1.54, 1.807) is 9.80 Å². The molecule has 1 atom stereocenters. The lowest BCUT2D eigenvalue weighted by Gasteiger charge is -2.28. The van der Waals surface area contributed by atoms with Crippen LogP contribution in [-0.2, 0) is 4.79 Å². The highest BCUT2D eigenvalue weighted by atomic mass is 32.1. The van der Waals surface area contributed by atoms with Crippen molar-refractivity contribution >= 4 is 29.1 Å². The second-order valence-corrected chi connectivity index (χ2v) is 6.22. The second-order valence-electron chi connectivity index (χ2n) is 5.14. The molecule has 7 heteroatoms. The van der Waals surface area contributed by atoms with Gasteiger partial charge in [0.25, 0.3) is 5.91 Å². The summed E-state index contributed by atoms with van der Waals surface area (Å²) in [7, 11) is 0. The molecule has 6 nitrogen and oxygen atoms in total. The number of nitrogens with zero attached hydrogens (tertiary/aromatic N) is 2. The fraction of sp³-hybridized carbons (Fsp3) is 0.533. The van der Waals surface area contributed by atoms with Crippen molar-refractivity contribution in [2.24, 2.45) is 0 Å². The van der Waals surface area contributed by atoms with Gasteiger partial charge in [-0.2, -0.15) is 0 Å². The van der Waals surface area contributed by atoms with E-state index in [9.17, 15) is 14.4 Å². The Bertz CT molecular complexity index is 580. The van der Waals surface area contributed by atoms with Crippen LogP contribution in [-0.4, -0.2) is 58.4 Å². The first-order chi connectivity index (χ1) is 10.5. The summed E-state index contributed by atoms with van der Waals surface area (Å²) in [5, 5.41) is 8.95. The Labute approximate surface area is 133 Å². The number of hydrogen-bond acceptors (Lipinski definition) is 4. The summed E-state index contributed by atoms with van der Waals surface area (Å²) < 4.78 is 0. The van der Waals surface area contributed by atoms with Gasteiger partial charge in [-0.3, -0.25) is 9.59 Å². The van der Waals surface area contributed by atoms with Crippen molar-refractivity contribution in [3.63, 3.8) is 0 Å². The maximum atomic E-state index is 12.6. The number of likely N-dealkylation sites (tertiary alicyclic amines) is 1. The van der Waals surface area contributed by atoms with Crippen molar-refractivity contribution in [2.75, 3.05) is 19.6 Å². The first-order valence-corrected chi connectivity index (χ1v) is 8.24. The van der Waals surface area contributed by atoms with Crippen LogP contribution in [0, 0.1) is 0 Å². The van der Waals surface area contributed by atoms with E-state index in [1.807, 2.05) is 13.8 Å². The first-order valence-electron chi connectivity index (χ1n) is 7.42. The maximum absolute atomic E-state index is 12.6. The summed E-state index contributed by atoms with van der Waals surface area (Å²) in [6, 6.07) is 2.52. The van der Waals surface area contributed by atoms with E-state index in [-0.39, 0.29) is 16.7 Å². The van der Waals surface area contributed by atoms with Gasteiger partial charge < -0.3 is 14.9 Å². The lowest BCUT2D eigenvalue weighted by molar-refractivity contribution is -0.134. The van der Waals surface area contributed by atoms with Crippen LogP contribution < -0.4 is 0 Å². The molecule has 0 spiro atoms. The van der Waals surface area contributed by atoms with Crippen LogP contribution in [0.25, 0.3) is 0 Å². The zero-order chi connectivity index (χ0) is 16.3. The highest BCUT2D eigenvalue weighted by molar-refractivity contribution is 7.15. The Kier molecular flexibility index (Phi) is 5.18. The number of carbonyl (C=O) groups excluding carboxylic acids is 2. The standard InChI is InChI=1S/C15H20N2O4S/c1-3-16(4-2)13(18)10-6-5-9-17(10)14(19)11-7-8-12(22-11)15(20)21/h7-8,10H,3-6,9H2,1-2H3,(H,20,21)/t10-/m0/s1. The fourth-order valence-corrected chi connectivity index (χ4v) is 3.52. The van der Waals surface area contributed by atoms with Gasteiger partial charge in [-0.15, -0.1) is 11.3 Å². The van der Waals surface area contributed by atoms with Crippen molar-refractivity contribution in [3.8, 4) is 0 Å². The summed E-state index contributed by atoms with van der Waals surface area (Å²) in [4.78, 5) is 39.8. The molecule has 0 aromatic carbocycles. The van der Waals surface area contributed by atoms with Crippen LogP contribution in [0.1, 0.15) is 46.0 Å². The van der Waals surface area contributed by atoms with Crippen LogP contribution in [0.5, 0.6) is 0 Å². The van der Waals surface area contributed by atoms with Crippen molar-refractivity contribution in [1.29, 1.82) is 0 Å². The summed E-state index contributed by atoms with van der Waals surface area (Å²) in [6.07, 6.45) is 1.46. The molecule has 1 aliphatic rings. The van der Waals surface area contributed by atoms with Gasteiger partial charge in [-0.05, 0) is 38.8 Å². The topological polar surface area (TPSA) is 77.9 Å². The summed E-state index contributed by atoms with van der Waals surface area (Å²) in [6.45, 7) is 5.62. The minimum absolute atomic E-state index is 0.0223. The molecule has 1 aromatic rings. The molecule has 1 aliphatic heterocycles. The predicted molar refractivity (Wildman–Crippen MR) is 83.3 cm³/mol. The molecule has 120 valence electrons.